The fraction of sp³-hybridized carbons (Fsp3) is 0.462. The number of fused-ring (bicyclic) bond motifs is 3. The average Bonchev–Trinajstić information content (AvgIpc) is 3.30. The van der Waals surface area contributed by atoms with Gasteiger partial charge in [0.2, 0.25) is 5.91 Å². The SMILES string of the molecule is Cc1ccc(/C=C/C2NNC3CC([C@@H]4C[C@@]45C(=O)Nc4ccccc45)CCC23)c(C)n1. The molecule has 5 nitrogen and oxygen atoms in total. The van der Waals surface area contributed by atoms with Crippen LogP contribution in [0, 0.1) is 31.6 Å². The fourth-order valence-corrected chi connectivity index (χ4v) is 6.53. The third kappa shape index (κ3) is 2.98. The predicted molar refractivity (Wildman–Crippen MR) is 122 cm³/mol. The minimum absolute atomic E-state index is 0.223. The van der Waals surface area contributed by atoms with Gasteiger partial charge in [-0.2, -0.15) is 0 Å². The molecule has 6 atom stereocenters. The van der Waals surface area contributed by atoms with Gasteiger partial charge in [-0.25, -0.2) is 0 Å². The Morgan fingerprint density at radius 2 is 1.97 bits per heavy atom. The lowest BCUT2D eigenvalue weighted by Crippen LogP contribution is -2.37. The Kier molecular flexibility index (Phi) is 4.34. The number of nitrogens with zero attached hydrogens (tertiary/aromatic N) is 1. The minimum atomic E-state index is -0.255. The van der Waals surface area contributed by atoms with Gasteiger partial charge >= 0.3 is 0 Å². The molecule has 1 amide bonds. The first-order valence-electron chi connectivity index (χ1n) is 11.6. The van der Waals surface area contributed by atoms with Crippen molar-refractivity contribution in [3.63, 3.8) is 0 Å². The number of hydrazine groups is 1. The number of amides is 1. The monoisotopic (exact) mass is 414 g/mol. The van der Waals surface area contributed by atoms with Crippen LogP contribution < -0.4 is 16.2 Å². The normalized spacial score (nSPS) is 35.9. The van der Waals surface area contributed by atoms with Crippen LogP contribution in [0.4, 0.5) is 5.69 Å². The number of hydrogen-bond donors (Lipinski definition) is 3. The van der Waals surface area contributed by atoms with Crippen LogP contribution in [-0.2, 0) is 10.2 Å². The van der Waals surface area contributed by atoms with E-state index in [1.807, 2.05) is 19.1 Å². The van der Waals surface area contributed by atoms with Crippen LogP contribution in [-0.4, -0.2) is 23.0 Å². The van der Waals surface area contributed by atoms with Gasteiger partial charge in [0, 0.05) is 29.2 Å². The van der Waals surface area contributed by atoms with Gasteiger partial charge in [0.15, 0.2) is 0 Å². The van der Waals surface area contributed by atoms with Crippen LogP contribution in [0.3, 0.4) is 0 Å². The van der Waals surface area contributed by atoms with Gasteiger partial charge in [-0.1, -0.05) is 36.4 Å². The average molecular weight is 415 g/mol. The first-order valence-corrected chi connectivity index (χ1v) is 11.6. The maximum atomic E-state index is 12.9. The minimum Gasteiger partial charge on any atom is -0.325 e. The van der Waals surface area contributed by atoms with Gasteiger partial charge in [0.05, 0.1) is 5.41 Å². The van der Waals surface area contributed by atoms with E-state index in [2.05, 4.69) is 64.5 Å². The summed E-state index contributed by atoms with van der Waals surface area (Å²) in [6.07, 6.45) is 9.08. The van der Waals surface area contributed by atoms with E-state index in [0.29, 0.717) is 29.8 Å². The van der Waals surface area contributed by atoms with Crippen LogP contribution in [0.15, 0.2) is 42.5 Å². The number of pyridine rings is 1. The quantitative estimate of drug-likeness (QED) is 0.713. The lowest BCUT2D eigenvalue weighted by atomic mass is 9.73. The van der Waals surface area contributed by atoms with Crippen LogP contribution >= 0.6 is 0 Å². The van der Waals surface area contributed by atoms with E-state index < -0.39 is 0 Å². The second-order valence-electron chi connectivity index (χ2n) is 9.93. The highest BCUT2D eigenvalue weighted by Crippen LogP contribution is 2.64. The van der Waals surface area contributed by atoms with Crippen molar-refractivity contribution >= 4 is 17.7 Å². The number of anilines is 1. The van der Waals surface area contributed by atoms with Crippen LogP contribution in [0.25, 0.3) is 6.08 Å². The molecule has 6 rings (SSSR count). The van der Waals surface area contributed by atoms with Crippen molar-refractivity contribution in [3.8, 4) is 0 Å². The summed E-state index contributed by atoms with van der Waals surface area (Å²) < 4.78 is 0. The van der Waals surface area contributed by atoms with Crippen molar-refractivity contribution in [2.24, 2.45) is 17.8 Å². The van der Waals surface area contributed by atoms with Gasteiger partial charge in [0.1, 0.15) is 0 Å². The topological polar surface area (TPSA) is 66.0 Å². The highest BCUT2D eigenvalue weighted by atomic mass is 16.2. The first-order chi connectivity index (χ1) is 15.1. The summed E-state index contributed by atoms with van der Waals surface area (Å²) in [6, 6.07) is 13.3. The summed E-state index contributed by atoms with van der Waals surface area (Å²) in [5, 5.41) is 3.13. The number of para-hydroxylation sites is 1. The van der Waals surface area contributed by atoms with Gasteiger partial charge in [0.25, 0.3) is 0 Å². The van der Waals surface area contributed by atoms with Gasteiger partial charge in [-0.05, 0) is 80.5 Å². The van der Waals surface area contributed by atoms with Crippen LogP contribution in [0.1, 0.15) is 48.2 Å². The molecule has 1 aromatic carbocycles. The molecule has 1 spiro atoms. The van der Waals surface area contributed by atoms with E-state index >= 15 is 0 Å². The molecule has 160 valence electrons. The summed E-state index contributed by atoms with van der Waals surface area (Å²) in [6.45, 7) is 4.10. The predicted octanol–water partition coefficient (Wildman–Crippen LogP) is 3.88. The molecule has 31 heavy (non-hydrogen) atoms. The molecule has 4 aliphatic rings. The number of rotatable bonds is 3. The zero-order chi connectivity index (χ0) is 21.2. The summed E-state index contributed by atoms with van der Waals surface area (Å²) in [4.78, 5) is 17.4. The Morgan fingerprint density at radius 1 is 1.10 bits per heavy atom. The standard InChI is InChI=1S/C26H30N4O/c1-15-7-8-17(16(2)27-15)10-12-22-19-11-9-18(13-24(19)30-29-22)21-14-26(21)20-5-3-4-6-23(20)28-25(26)31/h3-8,10,12,18-19,21-22,24,29-30H,9,11,13-14H2,1-2H3,(H,28,31)/b12-10+/t18?,19?,21-,22?,24?,26-/m0/s1. The molecule has 3 fully saturated rings. The number of benzene rings is 1. The van der Waals surface area contributed by atoms with E-state index in [1.54, 1.807) is 0 Å². The molecular formula is C26H30N4O. The van der Waals surface area contributed by atoms with Gasteiger partial charge in [-0.3, -0.25) is 20.6 Å². The van der Waals surface area contributed by atoms with Crippen molar-refractivity contribution in [1.29, 1.82) is 0 Å². The van der Waals surface area contributed by atoms with Crippen molar-refractivity contribution in [2.75, 3.05) is 5.32 Å². The second-order valence-corrected chi connectivity index (χ2v) is 9.93. The largest absolute Gasteiger partial charge is 0.325 e. The Labute approximate surface area is 183 Å². The molecule has 1 saturated heterocycles. The Bertz CT molecular complexity index is 1080. The molecule has 2 aliphatic carbocycles. The first kappa shape index (κ1) is 19.2. The van der Waals surface area contributed by atoms with Gasteiger partial charge < -0.3 is 5.32 Å². The molecule has 1 aromatic heterocycles. The number of nitrogens with one attached hydrogen (secondary N) is 3. The molecule has 2 saturated carbocycles. The molecule has 5 heteroatoms. The third-order valence-electron chi connectivity index (χ3n) is 8.23. The highest BCUT2D eigenvalue weighted by Gasteiger charge is 2.67. The molecule has 4 unspecified atom stereocenters. The van der Waals surface area contributed by atoms with E-state index in [1.165, 1.54) is 24.0 Å². The second kappa shape index (κ2) is 7.01. The maximum absolute atomic E-state index is 12.9. The summed E-state index contributed by atoms with van der Waals surface area (Å²) >= 11 is 0. The lowest BCUT2D eigenvalue weighted by molar-refractivity contribution is -0.118. The summed E-state index contributed by atoms with van der Waals surface area (Å²) in [7, 11) is 0. The van der Waals surface area contributed by atoms with Crippen molar-refractivity contribution < 1.29 is 4.79 Å². The Morgan fingerprint density at radius 3 is 2.84 bits per heavy atom. The Balaban J connectivity index is 1.14. The number of aromatic nitrogens is 1. The van der Waals surface area contributed by atoms with E-state index in [0.717, 1.165) is 29.9 Å². The van der Waals surface area contributed by atoms with E-state index in [-0.39, 0.29) is 11.3 Å². The number of carbonyl (C=O) groups is 1. The zero-order valence-electron chi connectivity index (χ0n) is 18.2. The molecule has 0 bridgehead atoms. The smallest absolute Gasteiger partial charge is 0.235 e. The van der Waals surface area contributed by atoms with Crippen molar-refractivity contribution in [2.45, 2.75) is 57.0 Å². The van der Waals surface area contributed by atoms with Crippen LogP contribution in [0.5, 0.6) is 0 Å². The number of aryl methyl sites for hydroxylation is 2. The molecule has 3 N–H and O–H groups in total. The highest BCUT2D eigenvalue weighted by molar-refractivity contribution is 6.08. The maximum Gasteiger partial charge on any atom is 0.235 e. The molecule has 0 radical (unpaired) electrons. The van der Waals surface area contributed by atoms with Crippen molar-refractivity contribution in [3.05, 3.63) is 65.0 Å². The molecule has 2 aromatic rings. The summed E-state index contributed by atoms with van der Waals surface area (Å²) in [5.74, 6) is 1.92. The summed E-state index contributed by atoms with van der Waals surface area (Å²) in [5.41, 5.74) is 12.4. The van der Waals surface area contributed by atoms with E-state index in [9.17, 15) is 4.79 Å². The zero-order valence-corrected chi connectivity index (χ0v) is 18.2. The third-order valence-corrected chi connectivity index (χ3v) is 8.23. The van der Waals surface area contributed by atoms with Gasteiger partial charge in [-0.15, -0.1) is 0 Å². The number of carbonyl (C=O) groups excluding carboxylic acids is 1. The van der Waals surface area contributed by atoms with E-state index in [4.69, 9.17) is 0 Å². The fourth-order valence-electron chi connectivity index (χ4n) is 6.53. The molecule has 3 heterocycles. The van der Waals surface area contributed by atoms with Crippen LogP contribution in [0.2, 0.25) is 0 Å². The number of hydrogen-bond acceptors (Lipinski definition) is 4. The molecule has 2 aliphatic heterocycles. The Hall–Kier alpha value is -2.50. The molecular weight excluding hydrogens is 384 g/mol. The van der Waals surface area contributed by atoms with Crippen molar-refractivity contribution in [1.82, 2.24) is 15.8 Å². The lowest BCUT2D eigenvalue weighted by Gasteiger charge is -2.33.